The molecule has 4 N–H and O–H groups in total. The van der Waals surface area contributed by atoms with Crippen LogP contribution in [0.5, 0.6) is 23.0 Å². The molecule has 0 unspecified atom stereocenters. The highest BCUT2D eigenvalue weighted by molar-refractivity contribution is 6.06. The summed E-state index contributed by atoms with van der Waals surface area (Å²) in [6.07, 6.45) is 0. The van der Waals surface area contributed by atoms with E-state index < -0.39 is 5.41 Å². The first kappa shape index (κ1) is 75.6. The van der Waals surface area contributed by atoms with Gasteiger partial charge in [-0.3, -0.25) is 0 Å². The number of ether oxygens (including phenoxy) is 4. The van der Waals surface area contributed by atoms with Gasteiger partial charge in [-0.15, -0.1) is 0 Å². The van der Waals surface area contributed by atoms with Gasteiger partial charge in [-0.25, -0.2) is 20.0 Å². The van der Waals surface area contributed by atoms with E-state index in [0.717, 1.165) is 134 Å². The second-order valence-electron chi connectivity index (χ2n) is 26.3. The number of nitrogens with zero attached hydrogens (tertiary/aromatic N) is 4. The Morgan fingerprint density at radius 3 is 0.869 bits per heavy atom. The quantitative estimate of drug-likeness (QED) is 0.0459. The zero-order valence-corrected chi connectivity index (χ0v) is 61.9. The fraction of sp³-hybridized carbons (Fsp3) is 0.158. The number of aryl methyl sites for hydroxylation is 4. The van der Waals surface area contributed by atoms with Crippen LogP contribution in [0.4, 0.5) is 22.7 Å². The minimum Gasteiger partial charge on any atom is -0.496 e. The molecule has 0 saturated heterocycles. The van der Waals surface area contributed by atoms with Crippen LogP contribution in [-0.2, 0) is 31.8 Å². The lowest BCUT2D eigenvalue weighted by molar-refractivity contribution is 0.280. The third-order valence-corrected chi connectivity index (χ3v) is 18.7. The highest BCUT2D eigenvalue weighted by Crippen LogP contribution is 2.43. The number of methoxy groups -OCH3 is 4. The van der Waals surface area contributed by atoms with Gasteiger partial charge in [0.1, 0.15) is 23.0 Å². The molecule has 0 aromatic heterocycles. The van der Waals surface area contributed by atoms with E-state index in [4.69, 9.17) is 38.9 Å². The van der Waals surface area contributed by atoms with Crippen LogP contribution in [0.15, 0.2) is 287 Å². The van der Waals surface area contributed by atoms with Crippen molar-refractivity contribution >= 4 is 68.5 Å². The van der Waals surface area contributed by atoms with Crippen molar-refractivity contribution in [2.75, 3.05) is 28.4 Å². The van der Waals surface area contributed by atoms with Gasteiger partial charge in [0, 0.05) is 27.7 Å². The van der Waals surface area contributed by atoms with Gasteiger partial charge in [0.25, 0.3) is 0 Å². The van der Waals surface area contributed by atoms with Gasteiger partial charge in [0.05, 0.1) is 99.9 Å². The summed E-state index contributed by atoms with van der Waals surface area (Å²) in [7, 11) is 6.63. The molecule has 107 heavy (non-hydrogen) atoms. The average molecular weight is 1410 g/mol. The van der Waals surface area contributed by atoms with Crippen molar-refractivity contribution in [3.63, 3.8) is 0 Å². The van der Waals surface area contributed by atoms with Crippen LogP contribution in [0.25, 0.3) is 33.4 Å². The fourth-order valence-electron chi connectivity index (χ4n) is 12.7. The standard InChI is InChI=1S/C49H46N2O4.C46H40N2O4/c1-33-17-19-35(31-52)41(25-33)45(29-50-39-13-9-7-10-14-39)42-27-37(21-20-36(42)32-53)49(3,4)38-22-24-48(55-6)44(28-38)46(30-51-40-15-11-8-12-16-40)43-26-34(2)18-23-47(43)54-5;1-31-15-17-35(29-49)39(23-31)43(27-47-37-11-7-5-8-12-37)40-25-33(18-19-36(40)30-50)34-20-22-46(52-4)42(26-34)44(28-48-38-13-9-6-10-14-38)41-24-32(2)16-21-45(41)51-3/h7-28,52-53H,31-32H2,1-6H3;5-26,49-50H,29-30H2,1-4H3. The lowest BCUT2D eigenvalue weighted by atomic mass is 9.75. The molecular formula is C95H86N4O8. The Labute approximate surface area is 627 Å². The van der Waals surface area contributed by atoms with Crippen molar-refractivity contribution in [1.82, 2.24) is 0 Å². The summed E-state index contributed by atoms with van der Waals surface area (Å²) in [5, 5.41) is 42.1. The zero-order valence-electron chi connectivity index (χ0n) is 61.9. The third-order valence-electron chi connectivity index (χ3n) is 18.7. The molecule has 0 saturated carbocycles. The Balaban J connectivity index is 0.000000214. The summed E-state index contributed by atoms with van der Waals surface area (Å²) in [6, 6.07) is 86.9. The van der Waals surface area contributed by atoms with Crippen molar-refractivity contribution in [2.45, 2.75) is 73.4 Å². The molecular weight excluding hydrogens is 1330 g/mol. The Morgan fingerprint density at radius 1 is 0.280 bits per heavy atom. The van der Waals surface area contributed by atoms with E-state index in [1.807, 2.05) is 252 Å². The molecule has 12 heteroatoms. The fourth-order valence-corrected chi connectivity index (χ4v) is 12.7. The minimum absolute atomic E-state index is 0.157. The molecule has 0 heterocycles. The molecule has 0 bridgehead atoms. The minimum atomic E-state index is -0.545. The van der Waals surface area contributed by atoms with E-state index in [1.165, 1.54) is 0 Å². The van der Waals surface area contributed by atoms with Gasteiger partial charge in [-0.2, -0.15) is 0 Å². The van der Waals surface area contributed by atoms with Crippen LogP contribution < -0.4 is 18.9 Å². The van der Waals surface area contributed by atoms with E-state index in [1.54, 1.807) is 28.4 Å². The number of hydrogen-bond donors (Lipinski definition) is 4. The second kappa shape index (κ2) is 35.8. The molecule has 0 aliphatic heterocycles. The molecule has 0 atom stereocenters. The highest BCUT2D eigenvalue weighted by Gasteiger charge is 2.29. The SMILES string of the molecule is COc1ccc(C)cc1C(=C=Nc1ccccc1)c1cc(-c2ccc(CO)c(C(=C=Nc3ccccc3)c3cc(C)ccc3CO)c2)ccc1OC.COc1ccc(C)cc1C(=C=Nc1ccccc1)c1cc(C(C)(C)c2ccc(CO)c(C(=C=Nc3ccccc3)c3cc(C)ccc3CO)c2)ccc1OC. The molecule has 0 spiro atoms. The first-order valence-corrected chi connectivity index (χ1v) is 35.2. The maximum absolute atomic E-state index is 10.7. The molecule has 12 rings (SSSR count). The van der Waals surface area contributed by atoms with Crippen molar-refractivity contribution in [3.05, 3.63) is 367 Å². The Morgan fingerprint density at radius 2 is 0.514 bits per heavy atom. The van der Waals surface area contributed by atoms with Gasteiger partial charge in [-0.05, 0) is 227 Å². The molecule has 12 aromatic carbocycles. The van der Waals surface area contributed by atoms with Crippen LogP contribution in [-0.4, -0.2) is 72.3 Å². The molecule has 0 amide bonds. The smallest absolute Gasteiger partial charge is 0.127 e. The monoisotopic (exact) mass is 1410 g/mol. The van der Waals surface area contributed by atoms with Crippen LogP contribution in [0.3, 0.4) is 0 Å². The topological polar surface area (TPSA) is 167 Å². The van der Waals surface area contributed by atoms with E-state index in [2.05, 4.69) is 79.8 Å². The first-order chi connectivity index (χ1) is 52.1. The summed E-state index contributed by atoms with van der Waals surface area (Å²) in [5.41, 5.74) is 22.5. The second-order valence-corrected chi connectivity index (χ2v) is 26.3. The average Bonchev–Trinajstić information content (AvgIpc) is 0.761. The maximum atomic E-state index is 10.7. The van der Waals surface area contributed by atoms with E-state index in [-0.39, 0.29) is 26.4 Å². The highest BCUT2D eigenvalue weighted by atomic mass is 16.5. The Kier molecular flexibility index (Phi) is 25.3. The normalized spacial score (nSPS) is 10.7. The molecule has 0 aliphatic carbocycles. The number of rotatable bonds is 23. The number of benzene rings is 12. The predicted octanol–water partition coefficient (Wildman–Crippen LogP) is 20.3. The predicted molar refractivity (Wildman–Crippen MR) is 436 cm³/mol. The number of aliphatic imine (C=N–C) groups is 4. The van der Waals surface area contributed by atoms with E-state index >= 15 is 0 Å². The van der Waals surface area contributed by atoms with Gasteiger partial charge in [-0.1, -0.05) is 194 Å². The van der Waals surface area contributed by atoms with Gasteiger partial charge < -0.3 is 39.4 Å². The van der Waals surface area contributed by atoms with Gasteiger partial charge in [0.2, 0.25) is 0 Å². The largest absolute Gasteiger partial charge is 0.496 e. The van der Waals surface area contributed by atoms with Crippen molar-refractivity contribution in [2.24, 2.45) is 20.0 Å². The van der Waals surface area contributed by atoms with E-state index in [0.29, 0.717) is 45.3 Å². The molecule has 12 aromatic rings. The molecule has 534 valence electrons. The summed E-state index contributed by atoms with van der Waals surface area (Å²) < 4.78 is 23.6. The van der Waals surface area contributed by atoms with Crippen LogP contribution >= 0.6 is 0 Å². The lowest BCUT2D eigenvalue weighted by Crippen LogP contribution is -2.20. The first-order valence-electron chi connectivity index (χ1n) is 35.2. The molecule has 0 radical (unpaired) electrons. The van der Waals surface area contributed by atoms with Crippen LogP contribution in [0.1, 0.15) is 114 Å². The van der Waals surface area contributed by atoms with Crippen LogP contribution in [0.2, 0.25) is 0 Å². The molecule has 12 nitrogen and oxygen atoms in total. The summed E-state index contributed by atoms with van der Waals surface area (Å²) in [5.74, 6) is 16.0. The van der Waals surface area contributed by atoms with Crippen molar-refractivity contribution in [3.8, 4) is 34.1 Å². The molecule has 0 aliphatic rings. The Hall–Kier alpha value is -12.5. The summed E-state index contributed by atoms with van der Waals surface area (Å²) in [4.78, 5) is 18.9. The number of para-hydroxylation sites is 4. The zero-order chi connectivity index (χ0) is 75.4. The molecule has 0 fully saturated rings. The lowest BCUT2D eigenvalue weighted by Gasteiger charge is -2.29. The Bertz CT molecular complexity index is 5110. The van der Waals surface area contributed by atoms with Crippen molar-refractivity contribution < 1.29 is 39.4 Å². The van der Waals surface area contributed by atoms with Gasteiger partial charge >= 0.3 is 0 Å². The van der Waals surface area contributed by atoms with Crippen molar-refractivity contribution in [1.29, 1.82) is 0 Å². The number of aliphatic hydroxyl groups excluding tert-OH is 4. The number of hydrogen-bond acceptors (Lipinski definition) is 12. The van der Waals surface area contributed by atoms with Crippen LogP contribution in [0, 0.1) is 27.7 Å². The van der Waals surface area contributed by atoms with Gasteiger partial charge in [0.15, 0.2) is 0 Å². The summed E-state index contributed by atoms with van der Waals surface area (Å²) in [6.45, 7) is 11.8. The maximum Gasteiger partial charge on any atom is 0.127 e. The number of aliphatic hydroxyl groups is 4. The van der Waals surface area contributed by atoms with E-state index in [9.17, 15) is 20.4 Å². The summed E-state index contributed by atoms with van der Waals surface area (Å²) >= 11 is 0. The third kappa shape index (κ3) is 18.2.